The summed E-state index contributed by atoms with van der Waals surface area (Å²) in [7, 11) is 1.96. The fraction of sp³-hybridized carbons (Fsp3) is 0.625. The standard InChI is InChI=1S/C8H14N2O/c1-7(11)3-4-8-5-9-6-10(8)2/h5-7,11H,3-4H2,1-2H3. The van der Waals surface area contributed by atoms with Crippen LogP contribution < -0.4 is 0 Å². The minimum absolute atomic E-state index is 0.218. The van der Waals surface area contributed by atoms with Gasteiger partial charge in [-0.05, 0) is 19.8 Å². The van der Waals surface area contributed by atoms with E-state index in [1.165, 1.54) is 5.69 Å². The first-order chi connectivity index (χ1) is 5.20. The molecule has 11 heavy (non-hydrogen) atoms. The van der Waals surface area contributed by atoms with Gasteiger partial charge in [-0.3, -0.25) is 0 Å². The number of aliphatic hydroxyl groups excluding tert-OH is 1. The van der Waals surface area contributed by atoms with E-state index in [1.807, 2.05) is 17.8 Å². The SMILES string of the molecule is CC(O)CCc1cncn1C. The fourth-order valence-corrected chi connectivity index (χ4v) is 0.982. The number of aromatic nitrogens is 2. The normalized spacial score (nSPS) is 13.4. The molecule has 0 saturated heterocycles. The summed E-state index contributed by atoms with van der Waals surface area (Å²) in [5, 5.41) is 9.01. The molecule has 1 aromatic rings. The Balaban J connectivity index is 2.44. The lowest BCUT2D eigenvalue weighted by Crippen LogP contribution is -2.03. The molecule has 0 aliphatic carbocycles. The Morgan fingerprint density at radius 1 is 1.73 bits per heavy atom. The minimum atomic E-state index is -0.218. The molecule has 0 bridgehead atoms. The number of aryl methyl sites for hydroxylation is 2. The van der Waals surface area contributed by atoms with Crippen LogP contribution in [0.5, 0.6) is 0 Å². The van der Waals surface area contributed by atoms with E-state index in [1.54, 1.807) is 13.3 Å². The molecule has 0 aromatic carbocycles. The van der Waals surface area contributed by atoms with Gasteiger partial charge in [0, 0.05) is 18.9 Å². The molecule has 1 atom stereocenters. The maximum atomic E-state index is 9.01. The second-order valence-corrected chi connectivity index (χ2v) is 2.88. The van der Waals surface area contributed by atoms with Gasteiger partial charge in [0.1, 0.15) is 0 Å². The third-order valence-corrected chi connectivity index (χ3v) is 1.73. The highest BCUT2D eigenvalue weighted by atomic mass is 16.3. The first-order valence-corrected chi connectivity index (χ1v) is 3.83. The van der Waals surface area contributed by atoms with Gasteiger partial charge in [0.25, 0.3) is 0 Å². The maximum absolute atomic E-state index is 9.01. The Bertz CT molecular complexity index is 218. The summed E-state index contributed by atoms with van der Waals surface area (Å²) in [5.74, 6) is 0. The first-order valence-electron chi connectivity index (χ1n) is 3.83. The monoisotopic (exact) mass is 154 g/mol. The molecule has 0 saturated carbocycles. The molecule has 0 aliphatic heterocycles. The Labute approximate surface area is 66.7 Å². The van der Waals surface area contributed by atoms with Crippen LogP contribution in [0.1, 0.15) is 19.0 Å². The van der Waals surface area contributed by atoms with Gasteiger partial charge in [-0.15, -0.1) is 0 Å². The maximum Gasteiger partial charge on any atom is 0.0945 e. The van der Waals surface area contributed by atoms with Crippen molar-refractivity contribution in [2.24, 2.45) is 7.05 Å². The van der Waals surface area contributed by atoms with Crippen molar-refractivity contribution >= 4 is 0 Å². The zero-order valence-electron chi connectivity index (χ0n) is 6.99. The predicted molar refractivity (Wildman–Crippen MR) is 43.2 cm³/mol. The van der Waals surface area contributed by atoms with Gasteiger partial charge in [0.05, 0.1) is 12.4 Å². The van der Waals surface area contributed by atoms with E-state index in [2.05, 4.69) is 4.98 Å². The van der Waals surface area contributed by atoms with Crippen LogP contribution in [0.4, 0.5) is 0 Å². The van der Waals surface area contributed by atoms with Gasteiger partial charge in [0.15, 0.2) is 0 Å². The van der Waals surface area contributed by atoms with E-state index in [4.69, 9.17) is 5.11 Å². The molecule has 0 aliphatic rings. The molecule has 62 valence electrons. The van der Waals surface area contributed by atoms with E-state index in [0.717, 1.165) is 12.8 Å². The van der Waals surface area contributed by atoms with Gasteiger partial charge in [-0.25, -0.2) is 4.98 Å². The molecule has 1 aromatic heterocycles. The summed E-state index contributed by atoms with van der Waals surface area (Å²) in [6.45, 7) is 1.80. The molecular weight excluding hydrogens is 140 g/mol. The number of hydrogen-bond donors (Lipinski definition) is 1. The summed E-state index contributed by atoms with van der Waals surface area (Å²) in [4.78, 5) is 3.98. The molecule has 0 radical (unpaired) electrons. The number of nitrogens with zero attached hydrogens (tertiary/aromatic N) is 2. The van der Waals surface area contributed by atoms with Crippen LogP contribution in [0.25, 0.3) is 0 Å². The molecule has 3 nitrogen and oxygen atoms in total. The van der Waals surface area contributed by atoms with Crippen molar-refractivity contribution in [3.8, 4) is 0 Å². The summed E-state index contributed by atoms with van der Waals surface area (Å²) < 4.78 is 1.97. The average molecular weight is 154 g/mol. The van der Waals surface area contributed by atoms with Gasteiger partial charge in [-0.2, -0.15) is 0 Å². The fourth-order valence-electron chi connectivity index (χ4n) is 0.982. The molecule has 3 heteroatoms. The van der Waals surface area contributed by atoms with Gasteiger partial charge in [-0.1, -0.05) is 0 Å². The van der Waals surface area contributed by atoms with Crippen LogP contribution in [0, 0.1) is 0 Å². The van der Waals surface area contributed by atoms with Crippen molar-refractivity contribution in [2.45, 2.75) is 25.9 Å². The molecule has 0 amide bonds. The van der Waals surface area contributed by atoms with Gasteiger partial charge < -0.3 is 9.67 Å². The Hall–Kier alpha value is -0.830. The zero-order valence-corrected chi connectivity index (χ0v) is 6.99. The highest BCUT2D eigenvalue weighted by Crippen LogP contribution is 2.02. The number of rotatable bonds is 3. The molecule has 0 spiro atoms. The van der Waals surface area contributed by atoms with Gasteiger partial charge >= 0.3 is 0 Å². The largest absolute Gasteiger partial charge is 0.393 e. The molecule has 1 rings (SSSR count). The Kier molecular flexibility index (Phi) is 2.65. The second-order valence-electron chi connectivity index (χ2n) is 2.88. The molecule has 1 N–H and O–H groups in total. The third kappa shape index (κ3) is 2.35. The van der Waals surface area contributed by atoms with E-state index in [-0.39, 0.29) is 6.10 Å². The van der Waals surface area contributed by atoms with Crippen LogP contribution >= 0.6 is 0 Å². The predicted octanol–water partition coefficient (Wildman–Crippen LogP) is 0.734. The minimum Gasteiger partial charge on any atom is -0.393 e. The molecule has 1 unspecified atom stereocenters. The van der Waals surface area contributed by atoms with Crippen molar-refractivity contribution in [3.63, 3.8) is 0 Å². The van der Waals surface area contributed by atoms with E-state index in [9.17, 15) is 0 Å². The van der Waals surface area contributed by atoms with Crippen LogP contribution in [-0.2, 0) is 13.5 Å². The summed E-state index contributed by atoms with van der Waals surface area (Å²) in [6, 6.07) is 0. The van der Waals surface area contributed by atoms with Gasteiger partial charge in [0.2, 0.25) is 0 Å². The summed E-state index contributed by atoms with van der Waals surface area (Å²) in [6.07, 6.45) is 5.10. The lowest BCUT2D eigenvalue weighted by molar-refractivity contribution is 0.184. The van der Waals surface area contributed by atoms with Crippen LogP contribution in [0.3, 0.4) is 0 Å². The quantitative estimate of drug-likeness (QED) is 0.697. The smallest absolute Gasteiger partial charge is 0.0945 e. The highest BCUT2D eigenvalue weighted by Gasteiger charge is 2.00. The molecule has 0 fully saturated rings. The van der Waals surface area contributed by atoms with Crippen molar-refractivity contribution in [1.82, 2.24) is 9.55 Å². The van der Waals surface area contributed by atoms with Crippen molar-refractivity contribution in [1.29, 1.82) is 0 Å². The second kappa shape index (κ2) is 3.53. The van der Waals surface area contributed by atoms with Crippen molar-refractivity contribution < 1.29 is 5.11 Å². The van der Waals surface area contributed by atoms with Crippen LogP contribution in [0.2, 0.25) is 0 Å². The van der Waals surface area contributed by atoms with E-state index >= 15 is 0 Å². The topological polar surface area (TPSA) is 38.1 Å². The summed E-state index contributed by atoms with van der Waals surface area (Å²) in [5.41, 5.74) is 1.17. The van der Waals surface area contributed by atoms with Crippen molar-refractivity contribution in [2.75, 3.05) is 0 Å². The summed E-state index contributed by atoms with van der Waals surface area (Å²) >= 11 is 0. The average Bonchev–Trinajstić information content (AvgIpc) is 2.31. The number of aliphatic hydroxyl groups is 1. The van der Waals surface area contributed by atoms with Crippen molar-refractivity contribution in [3.05, 3.63) is 18.2 Å². The van der Waals surface area contributed by atoms with E-state index in [0.29, 0.717) is 0 Å². The van der Waals surface area contributed by atoms with Crippen LogP contribution in [0.15, 0.2) is 12.5 Å². The lowest BCUT2D eigenvalue weighted by Gasteiger charge is -2.03. The van der Waals surface area contributed by atoms with E-state index < -0.39 is 0 Å². The first kappa shape index (κ1) is 8.27. The lowest BCUT2D eigenvalue weighted by atomic mass is 10.2. The zero-order chi connectivity index (χ0) is 8.27. The van der Waals surface area contributed by atoms with Crippen LogP contribution in [-0.4, -0.2) is 20.8 Å². The number of hydrogen-bond acceptors (Lipinski definition) is 2. The highest BCUT2D eigenvalue weighted by molar-refractivity contribution is 4.97. The molecule has 1 heterocycles. The molecular formula is C8H14N2O. The third-order valence-electron chi connectivity index (χ3n) is 1.73. The Morgan fingerprint density at radius 3 is 2.91 bits per heavy atom. The Morgan fingerprint density at radius 2 is 2.45 bits per heavy atom. The number of imidazole rings is 1.